The lowest BCUT2D eigenvalue weighted by Gasteiger charge is -2.39. The van der Waals surface area contributed by atoms with Gasteiger partial charge in [0.05, 0.1) is 0 Å². The van der Waals surface area contributed by atoms with Gasteiger partial charge in [0.15, 0.2) is 0 Å². The lowest BCUT2D eigenvalue weighted by molar-refractivity contribution is 0.247. The Morgan fingerprint density at radius 2 is 1.83 bits per heavy atom. The van der Waals surface area contributed by atoms with Crippen molar-refractivity contribution < 1.29 is 0 Å². The van der Waals surface area contributed by atoms with Crippen molar-refractivity contribution in [3.63, 3.8) is 0 Å². The van der Waals surface area contributed by atoms with E-state index in [1.807, 2.05) is 0 Å². The third kappa shape index (κ3) is 3.90. The molecule has 2 fully saturated rings. The summed E-state index contributed by atoms with van der Waals surface area (Å²) in [6.07, 6.45) is 10.2. The van der Waals surface area contributed by atoms with Crippen LogP contribution in [0.5, 0.6) is 0 Å². The molecule has 0 heterocycles. The summed E-state index contributed by atoms with van der Waals surface area (Å²) in [5.74, 6) is 1.85. The molecule has 2 aliphatic carbocycles. The fourth-order valence-electron chi connectivity index (χ4n) is 3.68. The number of nitrogens with one attached hydrogen (secondary N) is 1. The number of hydrogen-bond acceptors (Lipinski definition) is 2. The van der Waals surface area contributed by atoms with Gasteiger partial charge in [-0.15, -0.1) is 0 Å². The standard InChI is InChI=1S/C16H31NS/c1-4-17-15-10-9-13(12(2)3)11-16(15)18-14-7-5-6-8-14/h12-17H,4-11H2,1-3H3. The molecular weight excluding hydrogens is 238 g/mol. The highest BCUT2D eigenvalue weighted by Gasteiger charge is 2.33. The van der Waals surface area contributed by atoms with Crippen molar-refractivity contribution in [1.82, 2.24) is 5.32 Å². The molecule has 2 saturated carbocycles. The van der Waals surface area contributed by atoms with E-state index in [4.69, 9.17) is 0 Å². The van der Waals surface area contributed by atoms with E-state index in [0.717, 1.165) is 34.9 Å². The number of hydrogen-bond donors (Lipinski definition) is 1. The first kappa shape index (κ1) is 14.7. The van der Waals surface area contributed by atoms with Gasteiger partial charge >= 0.3 is 0 Å². The van der Waals surface area contributed by atoms with Crippen molar-refractivity contribution in [2.45, 2.75) is 82.3 Å². The second-order valence-electron chi connectivity index (χ2n) is 6.56. The highest BCUT2D eigenvalue weighted by atomic mass is 32.2. The Morgan fingerprint density at radius 1 is 1.11 bits per heavy atom. The second-order valence-corrected chi connectivity index (χ2v) is 8.11. The fraction of sp³-hybridized carbons (Fsp3) is 1.00. The molecule has 2 aliphatic rings. The van der Waals surface area contributed by atoms with Crippen LogP contribution in [-0.4, -0.2) is 23.1 Å². The maximum atomic E-state index is 3.75. The number of rotatable bonds is 5. The highest BCUT2D eigenvalue weighted by Crippen LogP contribution is 2.41. The number of thioether (sulfide) groups is 1. The minimum absolute atomic E-state index is 0.788. The first-order valence-electron chi connectivity index (χ1n) is 8.09. The summed E-state index contributed by atoms with van der Waals surface area (Å²) in [7, 11) is 0. The third-order valence-electron chi connectivity index (χ3n) is 4.91. The lowest BCUT2D eigenvalue weighted by Crippen LogP contribution is -2.44. The van der Waals surface area contributed by atoms with Crippen molar-refractivity contribution in [3.05, 3.63) is 0 Å². The zero-order valence-corrected chi connectivity index (χ0v) is 13.3. The van der Waals surface area contributed by atoms with Crippen LogP contribution in [0.25, 0.3) is 0 Å². The molecule has 2 rings (SSSR count). The van der Waals surface area contributed by atoms with Crippen LogP contribution in [0.15, 0.2) is 0 Å². The minimum atomic E-state index is 0.788. The Hall–Kier alpha value is 0.310. The Morgan fingerprint density at radius 3 is 2.44 bits per heavy atom. The monoisotopic (exact) mass is 269 g/mol. The quantitative estimate of drug-likeness (QED) is 0.790. The van der Waals surface area contributed by atoms with Crippen molar-refractivity contribution in [2.75, 3.05) is 6.54 Å². The van der Waals surface area contributed by atoms with Gasteiger partial charge in [-0.3, -0.25) is 0 Å². The molecule has 0 aromatic carbocycles. The summed E-state index contributed by atoms with van der Waals surface area (Å²) >= 11 is 2.33. The van der Waals surface area contributed by atoms with Crippen molar-refractivity contribution >= 4 is 11.8 Å². The van der Waals surface area contributed by atoms with Crippen LogP contribution in [0, 0.1) is 11.8 Å². The summed E-state index contributed by atoms with van der Waals surface area (Å²) in [5.41, 5.74) is 0. The fourth-order valence-corrected chi connectivity index (χ4v) is 5.56. The molecule has 0 aromatic heterocycles. The lowest BCUT2D eigenvalue weighted by atomic mass is 9.79. The van der Waals surface area contributed by atoms with Crippen molar-refractivity contribution in [3.8, 4) is 0 Å². The van der Waals surface area contributed by atoms with Crippen LogP contribution in [0.4, 0.5) is 0 Å². The first-order chi connectivity index (χ1) is 8.70. The average Bonchev–Trinajstić information content (AvgIpc) is 2.84. The first-order valence-corrected chi connectivity index (χ1v) is 9.03. The van der Waals surface area contributed by atoms with Crippen LogP contribution in [0.3, 0.4) is 0 Å². The molecule has 0 aromatic rings. The van der Waals surface area contributed by atoms with Gasteiger partial charge in [-0.05, 0) is 50.5 Å². The van der Waals surface area contributed by atoms with Gasteiger partial charge in [0.2, 0.25) is 0 Å². The van der Waals surface area contributed by atoms with Gasteiger partial charge in [-0.1, -0.05) is 33.6 Å². The predicted molar refractivity (Wildman–Crippen MR) is 83.3 cm³/mol. The topological polar surface area (TPSA) is 12.0 Å². The largest absolute Gasteiger partial charge is 0.313 e. The summed E-state index contributed by atoms with van der Waals surface area (Å²) in [6, 6.07) is 0.788. The van der Waals surface area contributed by atoms with Gasteiger partial charge in [-0.2, -0.15) is 11.8 Å². The molecular formula is C16H31NS. The molecule has 0 spiro atoms. The van der Waals surface area contributed by atoms with E-state index >= 15 is 0 Å². The van der Waals surface area contributed by atoms with E-state index in [0.29, 0.717) is 0 Å². The molecule has 3 atom stereocenters. The van der Waals surface area contributed by atoms with Crippen LogP contribution in [0.2, 0.25) is 0 Å². The maximum Gasteiger partial charge on any atom is 0.0206 e. The Balaban J connectivity index is 1.90. The molecule has 2 heteroatoms. The molecule has 106 valence electrons. The zero-order chi connectivity index (χ0) is 13.0. The van der Waals surface area contributed by atoms with Gasteiger partial charge in [0.1, 0.15) is 0 Å². The minimum Gasteiger partial charge on any atom is -0.313 e. The Labute approximate surface area is 118 Å². The smallest absolute Gasteiger partial charge is 0.0206 e. The molecule has 1 N–H and O–H groups in total. The van der Waals surface area contributed by atoms with E-state index in [9.17, 15) is 0 Å². The van der Waals surface area contributed by atoms with E-state index < -0.39 is 0 Å². The van der Waals surface area contributed by atoms with Crippen molar-refractivity contribution in [1.29, 1.82) is 0 Å². The SMILES string of the molecule is CCNC1CCC(C(C)C)CC1SC1CCCC1. The molecule has 3 unspecified atom stereocenters. The van der Waals surface area contributed by atoms with Crippen molar-refractivity contribution in [2.24, 2.45) is 11.8 Å². The summed E-state index contributed by atoms with van der Waals surface area (Å²) in [6.45, 7) is 8.22. The van der Waals surface area contributed by atoms with E-state index in [1.165, 1.54) is 44.9 Å². The van der Waals surface area contributed by atoms with Gasteiger partial charge in [0, 0.05) is 16.5 Å². The molecule has 0 amide bonds. The molecule has 18 heavy (non-hydrogen) atoms. The van der Waals surface area contributed by atoms with Crippen LogP contribution in [0.1, 0.15) is 65.7 Å². The van der Waals surface area contributed by atoms with Crippen LogP contribution in [-0.2, 0) is 0 Å². The van der Waals surface area contributed by atoms with Gasteiger partial charge < -0.3 is 5.32 Å². The average molecular weight is 269 g/mol. The van der Waals surface area contributed by atoms with E-state index in [1.54, 1.807) is 0 Å². The summed E-state index contributed by atoms with van der Waals surface area (Å²) < 4.78 is 0. The van der Waals surface area contributed by atoms with E-state index in [2.05, 4.69) is 37.8 Å². The van der Waals surface area contributed by atoms with Gasteiger partial charge in [-0.25, -0.2) is 0 Å². The van der Waals surface area contributed by atoms with Crippen LogP contribution >= 0.6 is 11.8 Å². The summed E-state index contributed by atoms with van der Waals surface area (Å²) in [4.78, 5) is 0. The Bertz CT molecular complexity index is 233. The molecule has 0 radical (unpaired) electrons. The predicted octanol–water partition coefficient (Wildman–Crippen LogP) is 4.47. The highest BCUT2D eigenvalue weighted by molar-refractivity contribution is 8.00. The Kier molecular flexibility index (Phi) is 5.88. The normalized spacial score (nSPS) is 34.3. The molecule has 0 aliphatic heterocycles. The molecule has 0 saturated heterocycles. The third-order valence-corrected chi connectivity index (χ3v) is 6.64. The summed E-state index contributed by atoms with van der Waals surface area (Å²) in [5, 5.41) is 5.60. The second kappa shape index (κ2) is 7.19. The van der Waals surface area contributed by atoms with Gasteiger partial charge in [0.25, 0.3) is 0 Å². The molecule has 1 nitrogen and oxygen atoms in total. The zero-order valence-electron chi connectivity index (χ0n) is 12.5. The van der Waals surface area contributed by atoms with Crippen LogP contribution < -0.4 is 5.32 Å². The maximum absolute atomic E-state index is 3.75. The molecule has 0 bridgehead atoms. The van der Waals surface area contributed by atoms with E-state index in [-0.39, 0.29) is 0 Å².